The second-order valence-electron chi connectivity index (χ2n) is 5.69. The maximum atomic E-state index is 12.2. The van der Waals surface area contributed by atoms with Crippen molar-refractivity contribution in [1.82, 2.24) is 9.97 Å². The maximum absolute atomic E-state index is 12.2. The molecule has 2 aromatic heterocycles. The van der Waals surface area contributed by atoms with E-state index in [0.29, 0.717) is 10.7 Å². The fourth-order valence-electron chi connectivity index (χ4n) is 2.30. The zero-order valence-corrected chi connectivity index (χ0v) is 16.0. The summed E-state index contributed by atoms with van der Waals surface area (Å²) >= 11 is 7.21. The van der Waals surface area contributed by atoms with Gasteiger partial charge in [0.05, 0.1) is 17.7 Å². The van der Waals surface area contributed by atoms with Crippen LogP contribution in [-0.4, -0.2) is 21.8 Å². The summed E-state index contributed by atoms with van der Waals surface area (Å²) < 4.78 is 5.20. The van der Waals surface area contributed by atoms with E-state index in [1.165, 1.54) is 17.5 Å². The summed E-state index contributed by atoms with van der Waals surface area (Å²) in [7, 11) is 0. The lowest BCUT2D eigenvalue weighted by Gasteiger charge is -2.06. The average molecular weight is 402 g/mol. The van der Waals surface area contributed by atoms with Crippen LogP contribution in [0.3, 0.4) is 0 Å². The summed E-state index contributed by atoms with van der Waals surface area (Å²) in [4.78, 5) is 32.4. The highest BCUT2D eigenvalue weighted by Gasteiger charge is 2.14. The van der Waals surface area contributed by atoms with E-state index in [1.54, 1.807) is 17.5 Å². The molecule has 0 radical (unpaired) electrons. The number of nitrogens with zero attached hydrogens (tertiary/aromatic N) is 2. The number of pyridine rings is 1. The second kappa shape index (κ2) is 8.75. The zero-order valence-electron chi connectivity index (χ0n) is 14.4. The quantitative estimate of drug-likeness (QED) is 0.498. The van der Waals surface area contributed by atoms with Crippen molar-refractivity contribution in [2.24, 2.45) is 0 Å². The molecule has 3 rings (SSSR count). The molecule has 1 N–H and O–H groups in total. The number of hydrogen-bond donors (Lipinski definition) is 1. The van der Waals surface area contributed by atoms with Crippen LogP contribution in [0.5, 0.6) is 0 Å². The van der Waals surface area contributed by atoms with Gasteiger partial charge in [-0.05, 0) is 30.7 Å². The normalized spacial score (nSPS) is 10.4. The Kier molecular flexibility index (Phi) is 6.16. The fraction of sp³-hybridized carbons (Fsp3) is 0.158. The van der Waals surface area contributed by atoms with E-state index in [0.717, 1.165) is 11.3 Å². The van der Waals surface area contributed by atoms with Crippen molar-refractivity contribution in [3.63, 3.8) is 0 Å². The smallest absolute Gasteiger partial charge is 0.341 e. The second-order valence-corrected chi connectivity index (χ2v) is 6.99. The Bertz CT molecular complexity index is 974. The first kappa shape index (κ1) is 19.0. The van der Waals surface area contributed by atoms with Crippen molar-refractivity contribution in [3.8, 4) is 0 Å². The van der Waals surface area contributed by atoms with Crippen molar-refractivity contribution >= 4 is 40.5 Å². The molecule has 6 nitrogen and oxygen atoms in total. The monoisotopic (exact) mass is 401 g/mol. The molecule has 0 saturated heterocycles. The largest absolute Gasteiger partial charge is 0.455 e. The molecule has 1 amide bonds. The molecule has 138 valence electrons. The number of para-hydroxylation sites is 1. The van der Waals surface area contributed by atoms with Gasteiger partial charge in [0, 0.05) is 17.3 Å². The Morgan fingerprint density at radius 1 is 1.22 bits per heavy atom. The van der Waals surface area contributed by atoms with E-state index in [1.807, 2.05) is 31.2 Å². The minimum atomic E-state index is -0.569. The third kappa shape index (κ3) is 5.12. The van der Waals surface area contributed by atoms with Gasteiger partial charge in [0.2, 0.25) is 5.91 Å². The van der Waals surface area contributed by atoms with E-state index in [2.05, 4.69) is 15.3 Å². The summed E-state index contributed by atoms with van der Waals surface area (Å²) in [6, 6.07) is 10.7. The summed E-state index contributed by atoms with van der Waals surface area (Å²) in [5, 5.41) is 5.36. The summed E-state index contributed by atoms with van der Waals surface area (Å²) in [5.74, 6) is -0.718. The number of aromatic nitrogens is 2. The highest BCUT2D eigenvalue weighted by atomic mass is 35.5. The molecule has 0 fully saturated rings. The molecule has 0 unspecified atom stereocenters. The molecule has 3 aromatic rings. The van der Waals surface area contributed by atoms with Gasteiger partial charge in [-0.15, -0.1) is 11.3 Å². The van der Waals surface area contributed by atoms with Gasteiger partial charge in [0.1, 0.15) is 16.8 Å². The van der Waals surface area contributed by atoms with E-state index in [-0.39, 0.29) is 29.7 Å². The third-order valence-electron chi connectivity index (χ3n) is 3.66. The standard InChI is InChI=1S/C19H16ClN3O3S/c1-12-5-2-3-7-15(12)23-16(24)9-17-22-13(11-27-17)10-26-19(25)14-6-4-8-21-18(14)20/h2-8,11H,9-10H2,1H3,(H,23,24). The summed E-state index contributed by atoms with van der Waals surface area (Å²) in [5.41, 5.74) is 2.55. The van der Waals surface area contributed by atoms with Gasteiger partial charge in [-0.25, -0.2) is 14.8 Å². The molecule has 8 heteroatoms. The molecule has 0 aliphatic rings. The number of benzene rings is 1. The van der Waals surface area contributed by atoms with Crippen LogP contribution >= 0.6 is 22.9 Å². The molecule has 0 saturated carbocycles. The SMILES string of the molecule is Cc1ccccc1NC(=O)Cc1nc(COC(=O)c2cccnc2Cl)cs1. The predicted molar refractivity (Wildman–Crippen MR) is 104 cm³/mol. The number of nitrogens with one attached hydrogen (secondary N) is 1. The van der Waals surface area contributed by atoms with E-state index in [9.17, 15) is 9.59 Å². The third-order valence-corrected chi connectivity index (χ3v) is 4.86. The molecule has 2 heterocycles. The van der Waals surface area contributed by atoms with Crippen molar-refractivity contribution < 1.29 is 14.3 Å². The number of amides is 1. The van der Waals surface area contributed by atoms with E-state index in [4.69, 9.17) is 16.3 Å². The van der Waals surface area contributed by atoms with Gasteiger partial charge in [-0.3, -0.25) is 4.79 Å². The Morgan fingerprint density at radius 3 is 2.81 bits per heavy atom. The van der Waals surface area contributed by atoms with Gasteiger partial charge in [0.15, 0.2) is 0 Å². The number of thiazole rings is 1. The first-order valence-electron chi connectivity index (χ1n) is 8.09. The van der Waals surface area contributed by atoms with Crippen LogP contribution in [0.25, 0.3) is 0 Å². The molecule has 1 aromatic carbocycles. The van der Waals surface area contributed by atoms with E-state index < -0.39 is 5.97 Å². The highest BCUT2D eigenvalue weighted by Crippen LogP contribution is 2.17. The Hall–Kier alpha value is -2.77. The number of anilines is 1. The van der Waals surface area contributed by atoms with Gasteiger partial charge < -0.3 is 10.1 Å². The Labute approximate surface area is 165 Å². The number of aryl methyl sites for hydroxylation is 1. The fourth-order valence-corrected chi connectivity index (χ4v) is 3.27. The molecule has 0 aliphatic heterocycles. The lowest BCUT2D eigenvalue weighted by Crippen LogP contribution is -2.15. The number of hydrogen-bond acceptors (Lipinski definition) is 6. The molecular weight excluding hydrogens is 386 g/mol. The van der Waals surface area contributed by atoms with Gasteiger partial charge in [0.25, 0.3) is 0 Å². The minimum absolute atomic E-state index is 0.0000308. The van der Waals surface area contributed by atoms with Crippen LogP contribution in [0.4, 0.5) is 5.69 Å². The highest BCUT2D eigenvalue weighted by molar-refractivity contribution is 7.09. The van der Waals surface area contributed by atoms with Crippen molar-refractivity contribution in [2.45, 2.75) is 20.0 Å². The van der Waals surface area contributed by atoms with Crippen LogP contribution in [0.15, 0.2) is 48.0 Å². The minimum Gasteiger partial charge on any atom is -0.455 e. The number of rotatable bonds is 6. The molecule has 0 spiro atoms. The topological polar surface area (TPSA) is 81.2 Å². The maximum Gasteiger partial charge on any atom is 0.341 e. The average Bonchev–Trinajstić information content (AvgIpc) is 3.09. The van der Waals surface area contributed by atoms with Crippen LogP contribution in [0.2, 0.25) is 5.15 Å². The molecule has 0 bridgehead atoms. The van der Waals surface area contributed by atoms with Crippen molar-refractivity contribution in [3.05, 3.63) is 75.0 Å². The Balaban J connectivity index is 1.54. The van der Waals surface area contributed by atoms with Gasteiger partial charge in [-0.1, -0.05) is 29.8 Å². The predicted octanol–water partition coefficient (Wildman–Crippen LogP) is 4.04. The number of esters is 1. The van der Waals surface area contributed by atoms with Crippen LogP contribution in [0, 0.1) is 6.92 Å². The number of carbonyl (C=O) groups is 2. The van der Waals surface area contributed by atoms with E-state index >= 15 is 0 Å². The van der Waals surface area contributed by atoms with Crippen LogP contribution < -0.4 is 5.32 Å². The van der Waals surface area contributed by atoms with Crippen molar-refractivity contribution in [1.29, 1.82) is 0 Å². The number of halogens is 1. The lowest BCUT2D eigenvalue weighted by atomic mass is 10.2. The van der Waals surface area contributed by atoms with Gasteiger partial charge in [-0.2, -0.15) is 0 Å². The first-order chi connectivity index (χ1) is 13.0. The van der Waals surface area contributed by atoms with Gasteiger partial charge >= 0.3 is 5.97 Å². The zero-order chi connectivity index (χ0) is 19.2. The van der Waals surface area contributed by atoms with Crippen LogP contribution in [0.1, 0.15) is 26.6 Å². The van der Waals surface area contributed by atoms with Crippen LogP contribution in [-0.2, 0) is 22.6 Å². The molecular formula is C19H16ClN3O3S. The summed E-state index contributed by atoms with van der Waals surface area (Å²) in [6.07, 6.45) is 1.65. The lowest BCUT2D eigenvalue weighted by molar-refractivity contribution is -0.115. The molecule has 0 atom stereocenters. The van der Waals surface area contributed by atoms with Crippen molar-refractivity contribution in [2.75, 3.05) is 5.32 Å². The first-order valence-corrected chi connectivity index (χ1v) is 9.35. The molecule has 27 heavy (non-hydrogen) atoms. The summed E-state index contributed by atoms with van der Waals surface area (Å²) in [6.45, 7) is 1.93. The number of carbonyl (C=O) groups excluding carboxylic acids is 2. The Morgan fingerprint density at radius 2 is 2.04 bits per heavy atom. The number of ether oxygens (including phenoxy) is 1. The molecule has 0 aliphatic carbocycles.